The molecule has 3 heteroatoms. The Labute approximate surface area is 127 Å². The Hall–Kier alpha value is -1.84. The Morgan fingerprint density at radius 3 is 2.14 bits per heavy atom. The maximum Gasteiger partial charge on any atom is 0.124 e. The Balaban J connectivity index is 2.52. The lowest BCUT2D eigenvalue weighted by Crippen LogP contribution is -2.30. The number of nitrogens with one attached hydrogen (secondary N) is 1. The molecule has 2 aromatic rings. The highest BCUT2D eigenvalue weighted by Crippen LogP contribution is 2.33. The van der Waals surface area contributed by atoms with Crippen molar-refractivity contribution in [3.05, 3.63) is 64.7 Å². The first-order valence-electron chi connectivity index (χ1n) is 7.32. The lowest BCUT2D eigenvalue weighted by Gasteiger charge is -2.24. The fourth-order valence-electron chi connectivity index (χ4n) is 2.69. The topological polar surface area (TPSA) is 47.3 Å². The summed E-state index contributed by atoms with van der Waals surface area (Å²) in [5.41, 5.74) is 7.66. The van der Waals surface area contributed by atoms with Gasteiger partial charge in [-0.15, -0.1) is 0 Å². The van der Waals surface area contributed by atoms with Crippen LogP contribution in [0.25, 0.3) is 0 Å². The molecule has 1 atom stereocenters. The Kier molecular flexibility index (Phi) is 4.99. The first kappa shape index (κ1) is 15.5. The third-order valence-corrected chi connectivity index (χ3v) is 3.59. The number of hydrogen-bond acceptors (Lipinski definition) is 3. The van der Waals surface area contributed by atoms with Crippen molar-refractivity contribution in [1.29, 1.82) is 0 Å². The maximum atomic E-state index is 5.93. The number of para-hydroxylation sites is 1. The molecule has 21 heavy (non-hydrogen) atoms. The lowest BCUT2D eigenvalue weighted by molar-refractivity contribution is 0.238. The Morgan fingerprint density at radius 1 is 0.952 bits per heavy atom. The highest BCUT2D eigenvalue weighted by molar-refractivity contribution is 5.46. The van der Waals surface area contributed by atoms with Gasteiger partial charge in [-0.2, -0.15) is 0 Å². The summed E-state index contributed by atoms with van der Waals surface area (Å²) < 4.78 is 5.93. The number of benzene rings is 2. The summed E-state index contributed by atoms with van der Waals surface area (Å²) in [5, 5.41) is 0. The summed E-state index contributed by atoms with van der Waals surface area (Å²) in [6.45, 7) is 8.28. The molecular formula is C18H24N2O. The summed E-state index contributed by atoms with van der Waals surface area (Å²) in [5.74, 6) is 6.74. The van der Waals surface area contributed by atoms with Gasteiger partial charge in [0.05, 0.1) is 12.1 Å². The summed E-state index contributed by atoms with van der Waals surface area (Å²) in [6, 6.07) is 14.3. The van der Waals surface area contributed by atoms with Crippen LogP contribution in [-0.4, -0.2) is 6.10 Å². The van der Waals surface area contributed by atoms with Gasteiger partial charge < -0.3 is 4.74 Å². The van der Waals surface area contributed by atoms with E-state index >= 15 is 0 Å². The molecule has 2 rings (SSSR count). The molecule has 0 aromatic heterocycles. The summed E-state index contributed by atoms with van der Waals surface area (Å²) in [7, 11) is 0. The van der Waals surface area contributed by atoms with Crippen LogP contribution in [0.1, 0.15) is 42.1 Å². The summed E-state index contributed by atoms with van der Waals surface area (Å²) in [4.78, 5) is 0. The smallest absolute Gasteiger partial charge is 0.124 e. The second-order valence-electron chi connectivity index (χ2n) is 5.61. The number of hydrazine groups is 1. The molecule has 0 aliphatic rings. The van der Waals surface area contributed by atoms with Crippen LogP contribution < -0.4 is 16.0 Å². The van der Waals surface area contributed by atoms with Crippen LogP contribution in [0.3, 0.4) is 0 Å². The summed E-state index contributed by atoms with van der Waals surface area (Å²) >= 11 is 0. The van der Waals surface area contributed by atoms with E-state index in [1.165, 1.54) is 16.7 Å². The van der Waals surface area contributed by atoms with E-state index in [1.807, 2.05) is 32.0 Å². The standard InChI is InChI=1S/C18H24N2O/c1-12(2)21-16-11-6-5-10-15(16)18(20-19)17-13(3)8-7-9-14(17)4/h5-12,18,20H,19H2,1-4H3. The Bertz CT molecular complexity index is 588. The van der Waals surface area contributed by atoms with E-state index in [-0.39, 0.29) is 12.1 Å². The quantitative estimate of drug-likeness (QED) is 0.651. The van der Waals surface area contributed by atoms with Crippen LogP contribution in [-0.2, 0) is 0 Å². The molecule has 1 unspecified atom stereocenters. The van der Waals surface area contributed by atoms with Gasteiger partial charge in [0.1, 0.15) is 5.75 Å². The van der Waals surface area contributed by atoms with Gasteiger partial charge in [0.15, 0.2) is 0 Å². The molecule has 3 N–H and O–H groups in total. The van der Waals surface area contributed by atoms with Gasteiger partial charge in [-0.3, -0.25) is 5.84 Å². The van der Waals surface area contributed by atoms with E-state index in [9.17, 15) is 0 Å². The molecule has 3 nitrogen and oxygen atoms in total. The first-order valence-corrected chi connectivity index (χ1v) is 7.32. The number of hydrogen-bond donors (Lipinski definition) is 2. The molecule has 2 aromatic carbocycles. The minimum Gasteiger partial charge on any atom is -0.491 e. The van der Waals surface area contributed by atoms with Gasteiger partial charge in [-0.1, -0.05) is 36.4 Å². The maximum absolute atomic E-state index is 5.93. The molecule has 0 spiro atoms. The van der Waals surface area contributed by atoms with Crippen molar-refractivity contribution in [1.82, 2.24) is 5.43 Å². The van der Waals surface area contributed by atoms with Gasteiger partial charge in [0.2, 0.25) is 0 Å². The minimum absolute atomic E-state index is 0.0823. The predicted molar refractivity (Wildman–Crippen MR) is 87.3 cm³/mol. The van der Waals surface area contributed by atoms with E-state index in [0.29, 0.717) is 0 Å². The van der Waals surface area contributed by atoms with Crippen LogP contribution in [0.2, 0.25) is 0 Å². The number of rotatable bonds is 5. The first-order chi connectivity index (χ1) is 10.0. The SMILES string of the molecule is Cc1cccc(C)c1C(NN)c1ccccc1OC(C)C. The average Bonchev–Trinajstić information content (AvgIpc) is 2.43. The fraction of sp³-hybridized carbons (Fsp3) is 0.333. The molecule has 0 heterocycles. The molecule has 0 fully saturated rings. The molecule has 0 saturated heterocycles. The summed E-state index contributed by atoms with van der Waals surface area (Å²) in [6.07, 6.45) is 0.127. The van der Waals surface area contributed by atoms with E-state index in [1.54, 1.807) is 0 Å². The van der Waals surface area contributed by atoms with E-state index in [4.69, 9.17) is 10.6 Å². The molecule has 0 saturated carbocycles. The number of aryl methyl sites for hydroxylation is 2. The van der Waals surface area contributed by atoms with Crippen molar-refractivity contribution in [3.63, 3.8) is 0 Å². The van der Waals surface area contributed by atoms with Crippen molar-refractivity contribution in [2.24, 2.45) is 5.84 Å². The molecule has 0 radical (unpaired) electrons. The highest BCUT2D eigenvalue weighted by atomic mass is 16.5. The second-order valence-corrected chi connectivity index (χ2v) is 5.61. The highest BCUT2D eigenvalue weighted by Gasteiger charge is 2.20. The van der Waals surface area contributed by atoms with Crippen LogP contribution in [0.4, 0.5) is 0 Å². The van der Waals surface area contributed by atoms with Crippen molar-refractivity contribution >= 4 is 0 Å². The van der Waals surface area contributed by atoms with Crippen molar-refractivity contribution in [2.45, 2.75) is 39.8 Å². The van der Waals surface area contributed by atoms with Crippen LogP contribution in [0.5, 0.6) is 5.75 Å². The van der Waals surface area contributed by atoms with Gasteiger partial charge >= 0.3 is 0 Å². The monoisotopic (exact) mass is 284 g/mol. The van der Waals surface area contributed by atoms with Gasteiger partial charge in [-0.25, -0.2) is 5.43 Å². The number of ether oxygens (including phenoxy) is 1. The zero-order valence-electron chi connectivity index (χ0n) is 13.2. The third kappa shape index (κ3) is 3.43. The second kappa shape index (κ2) is 6.74. The van der Waals surface area contributed by atoms with E-state index < -0.39 is 0 Å². The molecule has 0 aliphatic heterocycles. The van der Waals surface area contributed by atoms with Crippen LogP contribution >= 0.6 is 0 Å². The number of nitrogens with two attached hydrogens (primary N) is 1. The Morgan fingerprint density at radius 2 is 1.57 bits per heavy atom. The fourth-order valence-corrected chi connectivity index (χ4v) is 2.69. The molecule has 0 bridgehead atoms. The lowest BCUT2D eigenvalue weighted by atomic mass is 9.91. The molecule has 0 amide bonds. The minimum atomic E-state index is -0.0823. The normalized spacial score (nSPS) is 12.5. The average molecular weight is 284 g/mol. The van der Waals surface area contributed by atoms with E-state index in [2.05, 4.69) is 43.5 Å². The van der Waals surface area contributed by atoms with Crippen molar-refractivity contribution in [2.75, 3.05) is 0 Å². The van der Waals surface area contributed by atoms with Crippen LogP contribution in [0, 0.1) is 13.8 Å². The molecular weight excluding hydrogens is 260 g/mol. The largest absolute Gasteiger partial charge is 0.491 e. The molecule has 0 aliphatic carbocycles. The van der Waals surface area contributed by atoms with Gasteiger partial charge in [0, 0.05) is 5.56 Å². The predicted octanol–water partition coefficient (Wildman–Crippen LogP) is 3.64. The van der Waals surface area contributed by atoms with Crippen LogP contribution in [0.15, 0.2) is 42.5 Å². The van der Waals surface area contributed by atoms with Crippen molar-refractivity contribution < 1.29 is 4.74 Å². The van der Waals surface area contributed by atoms with Gasteiger partial charge in [-0.05, 0) is 50.5 Å². The third-order valence-electron chi connectivity index (χ3n) is 3.59. The van der Waals surface area contributed by atoms with E-state index in [0.717, 1.165) is 11.3 Å². The molecule has 112 valence electrons. The van der Waals surface area contributed by atoms with Crippen molar-refractivity contribution in [3.8, 4) is 5.75 Å². The zero-order chi connectivity index (χ0) is 15.4. The zero-order valence-corrected chi connectivity index (χ0v) is 13.2. The van der Waals surface area contributed by atoms with Gasteiger partial charge in [0.25, 0.3) is 0 Å².